The SMILES string of the molecule is CC(C)(C)OC(=O)N1[C@H]2C(F)C(F)C2[C@@H]1CO. The lowest BCUT2D eigenvalue weighted by Gasteiger charge is -2.63. The molecule has 1 saturated carbocycles. The fourth-order valence-corrected chi connectivity index (χ4v) is 2.52. The topological polar surface area (TPSA) is 49.8 Å². The molecule has 2 rings (SSSR count). The van der Waals surface area contributed by atoms with Gasteiger partial charge in [-0.2, -0.15) is 0 Å². The average Bonchev–Trinajstić information content (AvgIpc) is 2.14. The third-order valence-electron chi connectivity index (χ3n) is 3.31. The molecule has 2 fully saturated rings. The summed E-state index contributed by atoms with van der Waals surface area (Å²) in [6, 6.07) is -1.42. The van der Waals surface area contributed by atoms with Crippen molar-refractivity contribution < 1.29 is 23.4 Å². The van der Waals surface area contributed by atoms with E-state index in [4.69, 9.17) is 9.84 Å². The fraction of sp³-hybridized carbons (Fsp3) is 0.909. The van der Waals surface area contributed by atoms with Gasteiger partial charge < -0.3 is 9.84 Å². The van der Waals surface area contributed by atoms with Gasteiger partial charge in [-0.3, -0.25) is 4.90 Å². The Morgan fingerprint density at radius 1 is 1.35 bits per heavy atom. The van der Waals surface area contributed by atoms with Gasteiger partial charge in [0.1, 0.15) is 11.8 Å². The van der Waals surface area contributed by atoms with Crippen molar-refractivity contribution in [3.05, 3.63) is 0 Å². The minimum atomic E-state index is -1.66. The summed E-state index contributed by atoms with van der Waals surface area (Å²) in [6.07, 6.45) is -3.92. The number of fused-ring (bicyclic) bond motifs is 1. The molecular weight excluding hydrogens is 232 g/mol. The molecule has 1 N–H and O–H groups in total. The molecule has 0 spiro atoms. The summed E-state index contributed by atoms with van der Waals surface area (Å²) in [4.78, 5) is 12.9. The van der Waals surface area contributed by atoms with Crippen LogP contribution in [0.25, 0.3) is 0 Å². The first kappa shape index (κ1) is 12.5. The second-order valence-electron chi connectivity index (χ2n) is 5.59. The number of halogens is 2. The predicted molar refractivity (Wildman–Crippen MR) is 56.0 cm³/mol. The van der Waals surface area contributed by atoms with Crippen LogP contribution in [0, 0.1) is 5.92 Å². The van der Waals surface area contributed by atoms with E-state index in [1.54, 1.807) is 20.8 Å². The maximum Gasteiger partial charge on any atom is 0.410 e. The van der Waals surface area contributed by atoms with Gasteiger partial charge in [-0.15, -0.1) is 0 Å². The van der Waals surface area contributed by atoms with E-state index >= 15 is 0 Å². The Morgan fingerprint density at radius 2 is 1.94 bits per heavy atom. The van der Waals surface area contributed by atoms with Crippen molar-refractivity contribution >= 4 is 6.09 Å². The number of piperidine rings is 1. The lowest BCUT2D eigenvalue weighted by molar-refractivity contribution is -0.213. The van der Waals surface area contributed by atoms with Gasteiger partial charge >= 0.3 is 6.09 Å². The maximum absolute atomic E-state index is 13.3. The van der Waals surface area contributed by atoms with Crippen LogP contribution in [-0.4, -0.2) is 52.7 Å². The van der Waals surface area contributed by atoms with E-state index < -0.39 is 42.0 Å². The molecule has 5 atom stereocenters. The van der Waals surface area contributed by atoms with Gasteiger partial charge in [0.2, 0.25) is 0 Å². The molecule has 1 saturated heterocycles. The normalized spacial score (nSPS) is 40.1. The molecule has 0 aromatic carbocycles. The summed E-state index contributed by atoms with van der Waals surface area (Å²) in [5.74, 6) is -0.581. The number of aliphatic hydroxyl groups excluding tert-OH is 1. The van der Waals surface area contributed by atoms with E-state index in [1.807, 2.05) is 0 Å². The summed E-state index contributed by atoms with van der Waals surface area (Å²) < 4.78 is 31.5. The number of likely N-dealkylation sites (tertiary alicyclic amines) is 1. The summed E-state index contributed by atoms with van der Waals surface area (Å²) in [5.41, 5.74) is -0.688. The van der Waals surface area contributed by atoms with Crippen molar-refractivity contribution in [2.75, 3.05) is 6.61 Å². The summed E-state index contributed by atoms with van der Waals surface area (Å²) in [6.45, 7) is 4.72. The third kappa shape index (κ3) is 1.78. The molecular formula is C11H17F2NO3. The van der Waals surface area contributed by atoms with Gasteiger partial charge in [-0.1, -0.05) is 0 Å². The van der Waals surface area contributed by atoms with Crippen LogP contribution in [0.3, 0.4) is 0 Å². The minimum Gasteiger partial charge on any atom is -0.444 e. The Bertz CT molecular complexity index is 325. The van der Waals surface area contributed by atoms with Gasteiger partial charge in [0.05, 0.1) is 18.7 Å². The Hall–Kier alpha value is -0.910. The lowest BCUT2D eigenvalue weighted by Crippen LogP contribution is -2.81. The van der Waals surface area contributed by atoms with E-state index in [1.165, 1.54) is 0 Å². The quantitative estimate of drug-likeness (QED) is 0.761. The van der Waals surface area contributed by atoms with E-state index in [0.717, 1.165) is 4.90 Å². The Kier molecular flexibility index (Phi) is 2.80. The first-order valence-electron chi connectivity index (χ1n) is 5.68. The fourth-order valence-electron chi connectivity index (χ4n) is 2.52. The molecule has 98 valence electrons. The molecule has 0 bridgehead atoms. The zero-order chi connectivity index (χ0) is 13.0. The molecule has 2 aliphatic rings. The second kappa shape index (κ2) is 3.80. The predicted octanol–water partition coefficient (Wildman–Crippen LogP) is 1.27. The number of aliphatic hydroxyl groups is 1. The summed E-state index contributed by atoms with van der Waals surface area (Å²) in [5, 5.41) is 9.09. The molecule has 6 heteroatoms. The van der Waals surface area contributed by atoms with Crippen LogP contribution in [-0.2, 0) is 4.74 Å². The smallest absolute Gasteiger partial charge is 0.410 e. The number of carbonyl (C=O) groups excluding carboxylic acids is 1. The highest BCUT2D eigenvalue weighted by atomic mass is 19.2. The number of hydrogen-bond donors (Lipinski definition) is 1. The number of ether oxygens (including phenoxy) is 1. The molecule has 1 amide bonds. The van der Waals surface area contributed by atoms with Crippen LogP contribution < -0.4 is 0 Å². The first-order valence-corrected chi connectivity index (χ1v) is 5.68. The van der Waals surface area contributed by atoms with Crippen molar-refractivity contribution in [1.29, 1.82) is 0 Å². The number of nitrogens with zero attached hydrogens (tertiary/aromatic N) is 1. The second-order valence-corrected chi connectivity index (χ2v) is 5.59. The third-order valence-corrected chi connectivity index (χ3v) is 3.31. The summed E-state index contributed by atoms with van der Waals surface area (Å²) in [7, 11) is 0. The molecule has 0 radical (unpaired) electrons. The van der Waals surface area contributed by atoms with Gasteiger partial charge in [0.15, 0.2) is 6.17 Å². The monoisotopic (exact) mass is 249 g/mol. The zero-order valence-corrected chi connectivity index (χ0v) is 10.1. The molecule has 4 nitrogen and oxygen atoms in total. The number of rotatable bonds is 1. The molecule has 1 aliphatic heterocycles. The Morgan fingerprint density at radius 3 is 2.41 bits per heavy atom. The summed E-state index contributed by atoms with van der Waals surface area (Å²) >= 11 is 0. The largest absolute Gasteiger partial charge is 0.444 e. The van der Waals surface area contributed by atoms with Crippen LogP contribution in [0.4, 0.5) is 13.6 Å². The number of amides is 1. The first-order chi connectivity index (χ1) is 7.78. The van der Waals surface area contributed by atoms with Crippen LogP contribution in [0.1, 0.15) is 20.8 Å². The van der Waals surface area contributed by atoms with Crippen molar-refractivity contribution in [1.82, 2.24) is 4.90 Å². The molecule has 1 heterocycles. The van der Waals surface area contributed by atoms with Gasteiger partial charge in [-0.05, 0) is 20.8 Å². The van der Waals surface area contributed by atoms with Crippen LogP contribution in [0.2, 0.25) is 0 Å². The average molecular weight is 249 g/mol. The van der Waals surface area contributed by atoms with E-state index in [9.17, 15) is 13.6 Å². The number of carbonyl (C=O) groups is 1. The van der Waals surface area contributed by atoms with Crippen molar-refractivity contribution in [2.45, 2.75) is 50.8 Å². The highest BCUT2D eigenvalue weighted by Gasteiger charge is 2.69. The van der Waals surface area contributed by atoms with E-state index in [-0.39, 0.29) is 6.61 Å². The van der Waals surface area contributed by atoms with Gasteiger partial charge in [0.25, 0.3) is 0 Å². The molecule has 1 aliphatic carbocycles. The van der Waals surface area contributed by atoms with E-state index in [2.05, 4.69) is 0 Å². The molecule has 0 aromatic rings. The lowest BCUT2D eigenvalue weighted by atomic mass is 9.63. The highest BCUT2D eigenvalue weighted by molar-refractivity contribution is 5.71. The Balaban J connectivity index is 2.04. The van der Waals surface area contributed by atoms with Gasteiger partial charge in [-0.25, -0.2) is 13.6 Å². The molecule has 3 unspecified atom stereocenters. The van der Waals surface area contributed by atoms with Crippen LogP contribution >= 0.6 is 0 Å². The maximum atomic E-state index is 13.3. The minimum absolute atomic E-state index is 0.368. The van der Waals surface area contributed by atoms with Crippen LogP contribution in [0.15, 0.2) is 0 Å². The molecule has 17 heavy (non-hydrogen) atoms. The number of hydrogen-bond acceptors (Lipinski definition) is 3. The van der Waals surface area contributed by atoms with E-state index in [0.29, 0.717) is 0 Å². The van der Waals surface area contributed by atoms with Gasteiger partial charge in [0, 0.05) is 5.92 Å². The van der Waals surface area contributed by atoms with Crippen molar-refractivity contribution in [2.24, 2.45) is 5.92 Å². The van der Waals surface area contributed by atoms with Crippen molar-refractivity contribution in [3.63, 3.8) is 0 Å². The van der Waals surface area contributed by atoms with Crippen LogP contribution in [0.5, 0.6) is 0 Å². The Labute approximate surface area is 98.5 Å². The highest BCUT2D eigenvalue weighted by Crippen LogP contribution is 2.50. The standard InChI is InChI=1S/C11H17F2NO3/c1-11(2,3)17-10(16)14-5(4-15)6-7(12)8(13)9(6)14/h5-9,15H,4H2,1-3H3/t5-,6?,7?,8?,9+/m0/s1. The zero-order valence-electron chi connectivity index (χ0n) is 10.1. The molecule has 0 aromatic heterocycles. The van der Waals surface area contributed by atoms with Crippen molar-refractivity contribution in [3.8, 4) is 0 Å². The number of alkyl halides is 2.